The molecule has 1 saturated heterocycles. The molecule has 2 aliphatic heterocycles. The van der Waals surface area contributed by atoms with Gasteiger partial charge in [0.1, 0.15) is 0 Å². The highest BCUT2D eigenvalue weighted by atomic mass is 35.5. The molecule has 0 spiro atoms. The number of rotatable bonds is 3. The largest absolute Gasteiger partial charge is 0.481 e. The van der Waals surface area contributed by atoms with Gasteiger partial charge in [-0.1, -0.05) is 12.1 Å². The fourth-order valence-electron chi connectivity index (χ4n) is 4.30. The number of hydrogen-bond acceptors (Lipinski definition) is 3. The summed E-state index contributed by atoms with van der Waals surface area (Å²) >= 11 is 6.30. The van der Waals surface area contributed by atoms with Gasteiger partial charge >= 0.3 is 5.97 Å². The van der Waals surface area contributed by atoms with Gasteiger partial charge in [-0.25, -0.2) is 0 Å². The Morgan fingerprint density at radius 3 is 2.83 bits per heavy atom. The van der Waals surface area contributed by atoms with E-state index in [4.69, 9.17) is 16.7 Å². The summed E-state index contributed by atoms with van der Waals surface area (Å²) in [4.78, 5) is 15.6. The molecule has 1 aromatic rings. The quantitative estimate of drug-likeness (QED) is 0.856. The van der Waals surface area contributed by atoms with E-state index >= 15 is 0 Å². The third-order valence-corrected chi connectivity index (χ3v) is 6.01. The van der Waals surface area contributed by atoms with Gasteiger partial charge in [0.25, 0.3) is 0 Å². The maximum absolute atomic E-state index is 11.0. The fraction of sp³-hybridized carbons (Fsp3) is 0.421. The van der Waals surface area contributed by atoms with Gasteiger partial charge in [0.2, 0.25) is 0 Å². The molecule has 1 aromatic carbocycles. The summed E-state index contributed by atoms with van der Waals surface area (Å²) in [7, 11) is 0. The topological polar surface area (TPSA) is 43.8 Å². The van der Waals surface area contributed by atoms with Gasteiger partial charge in [-0.2, -0.15) is 0 Å². The van der Waals surface area contributed by atoms with Gasteiger partial charge in [-0.3, -0.25) is 4.79 Å². The Morgan fingerprint density at radius 1 is 1.25 bits per heavy atom. The van der Waals surface area contributed by atoms with E-state index in [0.29, 0.717) is 25.0 Å². The summed E-state index contributed by atoms with van der Waals surface area (Å²) in [5.74, 6) is -0.250. The van der Waals surface area contributed by atoms with Crippen molar-refractivity contribution in [3.8, 4) is 0 Å². The normalized spacial score (nSPS) is 31.0. The van der Waals surface area contributed by atoms with Crippen LogP contribution in [-0.2, 0) is 4.79 Å². The van der Waals surface area contributed by atoms with Crippen LogP contribution >= 0.6 is 11.6 Å². The average molecular weight is 343 g/mol. The number of hydrogen-bond donors (Lipinski definition) is 1. The number of carbonyl (C=O) groups is 1. The molecule has 2 heterocycles. The molecule has 1 saturated carbocycles. The third kappa shape index (κ3) is 2.09. The van der Waals surface area contributed by atoms with Gasteiger partial charge in [0.05, 0.1) is 11.3 Å². The molecule has 3 unspecified atom stereocenters. The molecular formula is C19H19ClN2O2. The molecule has 2 aliphatic carbocycles. The number of allylic oxidation sites excluding steroid dienone is 2. The predicted molar refractivity (Wildman–Crippen MR) is 94.6 cm³/mol. The SMILES string of the molecule is O=C(O)C1CN(c2cccc(N3C4=C(CC(Cl)C=C4)C4CC43)c2)C1. The summed E-state index contributed by atoms with van der Waals surface area (Å²) in [6.07, 6.45) is 6.47. The van der Waals surface area contributed by atoms with E-state index in [1.54, 1.807) is 0 Å². The third-order valence-electron chi connectivity index (χ3n) is 5.71. The van der Waals surface area contributed by atoms with Gasteiger partial charge in [0.15, 0.2) is 0 Å². The number of benzene rings is 1. The molecule has 0 radical (unpaired) electrons. The van der Waals surface area contributed by atoms with Crippen molar-refractivity contribution in [1.29, 1.82) is 0 Å². The van der Waals surface area contributed by atoms with Crippen LogP contribution in [0.1, 0.15) is 12.8 Å². The number of carboxylic acid groups (broad SMARTS) is 1. The van der Waals surface area contributed by atoms with Crippen molar-refractivity contribution >= 4 is 28.9 Å². The molecule has 4 aliphatic rings. The van der Waals surface area contributed by atoms with E-state index < -0.39 is 5.97 Å². The van der Waals surface area contributed by atoms with Crippen molar-refractivity contribution in [1.82, 2.24) is 0 Å². The number of alkyl halides is 1. The maximum atomic E-state index is 11.0. The van der Waals surface area contributed by atoms with E-state index in [0.717, 1.165) is 12.1 Å². The Labute approximate surface area is 146 Å². The lowest BCUT2D eigenvalue weighted by molar-refractivity contribution is -0.142. The molecule has 3 atom stereocenters. The lowest BCUT2D eigenvalue weighted by Gasteiger charge is -2.39. The van der Waals surface area contributed by atoms with Gasteiger partial charge in [-0.05, 0) is 42.7 Å². The number of nitrogens with zero attached hydrogens (tertiary/aromatic N) is 2. The van der Waals surface area contributed by atoms with E-state index in [1.165, 1.54) is 23.4 Å². The van der Waals surface area contributed by atoms with E-state index in [9.17, 15) is 4.79 Å². The molecular weight excluding hydrogens is 324 g/mol. The Balaban J connectivity index is 1.42. The van der Waals surface area contributed by atoms with Gasteiger partial charge < -0.3 is 14.9 Å². The fourth-order valence-corrected chi connectivity index (χ4v) is 4.54. The summed E-state index contributed by atoms with van der Waals surface area (Å²) in [6, 6.07) is 9.09. The molecule has 2 fully saturated rings. The first-order chi connectivity index (χ1) is 11.6. The number of halogens is 1. The lowest BCUT2D eigenvalue weighted by Crippen LogP contribution is -2.50. The van der Waals surface area contributed by atoms with Crippen molar-refractivity contribution in [3.05, 3.63) is 47.7 Å². The molecule has 24 heavy (non-hydrogen) atoms. The van der Waals surface area contributed by atoms with Crippen LogP contribution in [0.5, 0.6) is 0 Å². The minimum Gasteiger partial charge on any atom is -0.481 e. The van der Waals surface area contributed by atoms with Crippen molar-refractivity contribution in [2.24, 2.45) is 11.8 Å². The molecule has 0 bridgehead atoms. The number of fused-ring (bicyclic) bond motifs is 2. The first kappa shape index (κ1) is 14.4. The second-order valence-corrected chi connectivity index (χ2v) is 7.79. The maximum Gasteiger partial charge on any atom is 0.310 e. The molecule has 4 nitrogen and oxygen atoms in total. The second-order valence-electron chi connectivity index (χ2n) is 7.23. The molecule has 1 N–H and O–H groups in total. The molecule has 5 rings (SSSR count). The number of anilines is 2. The van der Waals surface area contributed by atoms with Crippen LogP contribution < -0.4 is 9.80 Å². The van der Waals surface area contributed by atoms with Gasteiger partial charge in [0, 0.05) is 42.1 Å². The zero-order valence-electron chi connectivity index (χ0n) is 13.2. The smallest absolute Gasteiger partial charge is 0.310 e. The van der Waals surface area contributed by atoms with Crippen LogP contribution in [-0.4, -0.2) is 35.6 Å². The Morgan fingerprint density at radius 2 is 2.04 bits per heavy atom. The summed E-state index contributed by atoms with van der Waals surface area (Å²) in [5, 5.41) is 9.19. The zero-order valence-corrected chi connectivity index (χ0v) is 14.0. The molecule has 124 valence electrons. The second kappa shape index (κ2) is 5.03. The monoisotopic (exact) mass is 342 g/mol. The molecule has 5 heteroatoms. The highest BCUT2D eigenvalue weighted by Crippen LogP contribution is 2.55. The van der Waals surface area contributed by atoms with Gasteiger partial charge in [-0.15, -0.1) is 11.6 Å². The molecule has 0 aromatic heterocycles. The zero-order chi connectivity index (χ0) is 16.4. The van der Waals surface area contributed by atoms with Crippen LogP contribution in [0.25, 0.3) is 0 Å². The minimum atomic E-state index is -0.694. The predicted octanol–water partition coefficient (Wildman–Crippen LogP) is 3.24. The summed E-state index contributed by atoms with van der Waals surface area (Å²) in [5.41, 5.74) is 5.17. The number of carboxylic acids is 1. The van der Waals surface area contributed by atoms with E-state index in [-0.39, 0.29) is 11.3 Å². The minimum absolute atomic E-state index is 0.130. The average Bonchev–Trinajstić information content (AvgIpc) is 3.22. The van der Waals surface area contributed by atoms with Crippen LogP contribution in [0.4, 0.5) is 11.4 Å². The summed E-state index contributed by atoms with van der Waals surface area (Å²) < 4.78 is 0. The Bertz CT molecular complexity index is 781. The van der Waals surface area contributed by atoms with Crippen molar-refractivity contribution in [2.45, 2.75) is 24.3 Å². The Kier molecular flexibility index (Phi) is 3.02. The molecule has 0 amide bonds. The van der Waals surface area contributed by atoms with Crippen molar-refractivity contribution < 1.29 is 9.90 Å². The van der Waals surface area contributed by atoms with E-state index in [2.05, 4.69) is 46.2 Å². The highest BCUT2D eigenvalue weighted by Gasteiger charge is 2.52. The first-order valence-corrected chi connectivity index (χ1v) is 8.98. The lowest BCUT2D eigenvalue weighted by atomic mass is 9.98. The van der Waals surface area contributed by atoms with E-state index in [1.807, 2.05) is 0 Å². The summed E-state index contributed by atoms with van der Waals surface area (Å²) in [6.45, 7) is 1.21. The van der Waals surface area contributed by atoms with Crippen LogP contribution in [0.2, 0.25) is 0 Å². The number of aliphatic carboxylic acids is 1. The standard InChI is InChI=1S/C19H19ClN2O2/c20-12-4-5-17-15(6-12)16-8-18(16)22(17)14-3-1-2-13(7-14)21-9-11(10-21)19(23)24/h1-5,7,11-12,16,18H,6,8-10H2,(H,23,24). The van der Waals surface area contributed by atoms with Crippen molar-refractivity contribution in [3.63, 3.8) is 0 Å². The van der Waals surface area contributed by atoms with Crippen LogP contribution in [0, 0.1) is 11.8 Å². The first-order valence-electron chi connectivity index (χ1n) is 8.54. The van der Waals surface area contributed by atoms with Crippen molar-refractivity contribution in [2.75, 3.05) is 22.9 Å². The highest BCUT2D eigenvalue weighted by molar-refractivity contribution is 6.22. The van der Waals surface area contributed by atoms with Crippen LogP contribution in [0.3, 0.4) is 0 Å². The van der Waals surface area contributed by atoms with Crippen LogP contribution in [0.15, 0.2) is 47.7 Å². The Hall–Kier alpha value is -1.94.